The van der Waals surface area contributed by atoms with Gasteiger partial charge in [-0.15, -0.1) is 0 Å². The lowest BCUT2D eigenvalue weighted by Gasteiger charge is -2.35. The number of piperidine rings is 1. The first-order chi connectivity index (χ1) is 10.6. The van der Waals surface area contributed by atoms with E-state index in [1.165, 1.54) is 0 Å². The van der Waals surface area contributed by atoms with Gasteiger partial charge in [0.25, 0.3) is 0 Å². The first-order valence-corrected chi connectivity index (χ1v) is 7.89. The third-order valence-corrected chi connectivity index (χ3v) is 4.78. The highest BCUT2D eigenvalue weighted by molar-refractivity contribution is 6.00. The number of carbonyl (C=O) groups excluding carboxylic acids is 2. The highest BCUT2D eigenvalue weighted by atomic mass is 16.2. The summed E-state index contributed by atoms with van der Waals surface area (Å²) < 4.78 is 0. The van der Waals surface area contributed by atoms with Gasteiger partial charge in [-0.3, -0.25) is 14.7 Å². The lowest BCUT2D eigenvalue weighted by molar-refractivity contribution is -0.137. The predicted molar refractivity (Wildman–Crippen MR) is 82.0 cm³/mol. The van der Waals surface area contributed by atoms with E-state index in [2.05, 4.69) is 10.2 Å². The van der Waals surface area contributed by atoms with Gasteiger partial charge in [-0.2, -0.15) is 5.10 Å². The van der Waals surface area contributed by atoms with Crippen molar-refractivity contribution in [2.24, 2.45) is 17.6 Å². The minimum absolute atomic E-state index is 0.0134. The van der Waals surface area contributed by atoms with Crippen LogP contribution in [0.5, 0.6) is 0 Å². The molecule has 2 fully saturated rings. The summed E-state index contributed by atoms with van der Waals surface area (Å²) in [6.45, 7) is 3.93. The molecular formula is C15H23N5O2. The molecule has 0 radical (unpaired) electrons. The first-order valence-electron chi connectivity index (χ1n) is 7.89. The van der Waals surface area contributed by atoms with Gasteiger partial charge in [-0.25, -0.2) is 0 Å². The van der Waals surface area contributed by atoms with Crippen molar-refractivity contribution >= 4 is 17.5 Å². The van der Waals surface area contributed by atoms with E-state index in [0.717, 1.165) is 25.1 Å². The summed E-state index contributed by atoms with van der Waals surface area (Å²) in [6.07, 6.45) is 5.63. The van der Waals surface area contributed by atoms with Crippen molar-refractivity contribution in [3.63, 3.8) is 0 Å². The normalized spacial score (nSPS) is 27.3. The number of likely N-dealkylation sites (tertiary alicyclic amines) is 1. The Balaban J connectivity index is 1.65. The molecule has 22 heavy (non-hydrogen) atoms. The van der Waals surface area contributed by atoms with Crippen LogP contribution in [0.1, 0.15) is 26.2 Å². The minimum atomic E-state index is -0.255. The summed E-state index contributed by atoms with van der Waals surface area (Å²) in [4.78, 5) is 28.4. The van der Waals surface area contributed by atoms with E-state index in [4.69, 9.17) is 5.73 Å². The number of amides is 2. The molecule has 3 rings (SSSR count). The molecule has 0 aliphatic carbocycles. The van der Waals surface area contributed by atoms with Gasteiger partial charge in [0.2, 0.25) is 11.8 Å². The molecule has 0 spiro atoms. The third kappa shape index (κ3) is 2.85. The largest absolute Gasteiger partial charge is 0.342 e. The number of nitrogens with one attached hydrogen (secondary N) is 1. The van der Waals surface area contributed by atoms with E-state index in [1.54, 1.807) is 17.3 Å². The average Bonchev–Trinajstić information content (AvgIpc) is 3.15. The summed E-state index contributed by atoms with van der Waals surface area (Å²) in [5.74, 6) is 0.180. The summed E-state index contributed by atoms with van der Waals surface area (Å²) in [5.41, 5.74) is 6.71. The monoisotopic (exact) mass is 305 g/mol. The van der Waals surface area contributed by atoms with E-state index in [0.29, 0.717) is 19.0 Å². The number of hydrogen-bond donors (Lipinski definition) is 2. The molecular weight excluding hydrogens is 282 g/mol. The molecule has 2 aliphatic heterocycles. The molecule has 2 amide bonds. The molecule has 120 valence electrons. The van der Waals surface area contributed by atoms with Gasteiger partial charge in [0.05, 0.1) is 17.8 Å². The highest BCUT2D eigenvalue weighted by Crippen LogP contribution is 2.27. The van der Waals surface area contributed by atoms with Crippen molar-refractivity contribution in [2.75, 3.05) is 24.5 Å². The van der Waals surface area contributed by atoms with Crippen molar-refractivity contribution < 1.29 is 9.59 Å². The number of H-pyrrole nitrogens is 1. The number of anilines is 1. The Labute approximate surface area is 129 Å². The lowest BCUT2D eigenvalue weighted by Crippen LogP contribution is -2.47. The summed E-state index contributed by atoms with van der Waals surface area (Å²) >= 11 is 0. The number of hydrogen-bond acceptors (Lipinski definition) is 4. The fraction of sp³-hybridized carbons (Fsp3) is 0.667. The van der Waals surface area contributed by atoms with Gasteiger partial charge in [-0.05, 0) is 25.7 Å². The van der Waals surface area contributed by atoms with Crippen LogP contribution >= 0.6 is 0 Å². The van der Waals surface area contributed by atoms with Gasteiger partial charge in [-0.1, -0.05) is 0 Å². The molecule has 1 aromatic heterocycles. The molecule has 7 heteroatoms. The Morgan fingerprint density at radius 2 is 2.32 bits per heavy atom. The zero-order valence-electron chi connectivity index (χ0n) is 12.9. The molecule has 2 saturated heterocycles. The smallest absolute Gasteiger partial charge is 0.228 e. The van der Waals surface area contributed by atoms with Crippen LogP contribution in [-0.2, 0) is 9.59 Å². The van der Waals surface area contributed by atoms with Crippen molar-refractivity contribution in [3.05, 3.63) is 12.4 Å². The van der Waals surface area contributed by atoms with Gasteiger partial charge in [0.1, 0.15) is 0 Å². The van der Waals surface area contributed by atoms with Crippen LogP contribution in [0.2, 0.25) is 0 Å². The summed E-state index contributed by atoms with van der Waals surface area (Å²) in [7, 11) is 0. The predicted octanol–water partition coefficient (Wildman–Crippen LogP) is 0.348. The Kier molecular flexibility index (Phi) is 4.15. The standard InChI is InChI=1S/C15H23N5O2/c1-10(16)11-3-2-4-19(8-11)15(22)12-5-14(21)20(9-12)13-6-17-18-7-13/h6-7,10-12H,2-5,8-9,16H2,1H3,(H,17,18). The maximum Gasteiger partial charge on any atom is 0.228 e. The quantitative estimate of drug-likeness (QED) is 0.842. The second kappa shape index (κ2) is 6.08. The summed E-state index contributed by atoms with van der Waals surface area (Å²) in [6, 6.07) is 0.100. The molecule has 0 saturated carbocycles. The maximum atomic E-state index is 12.7. The minimum Gasteiger partial charge on any atom is -0.342 e. The van der Waals surface area contributed by atoms with Crippen molar-refractivity contribution in [2.45, 2.75) is 32.2 Å². The topological polar surface area (TPSA) is 95.3 Å². The zero-order chi connectivity index (χ0) is 15.7. The van der Waals surface area contributed by atoms with Crippen molar-refractivity contribution in [1.82, 2.24) is 15.1 Å². The van der Waals surface area contributed by atoms with Crippen LogP contribution in [0, 0.1) is 11.8 Å². The highest BCUT2D eigenvalue weighted by Gasteiger charge is 2.38. The molecule has 3 heterocycles. The number of aromatic amines is 1. The van der Waals surface area contributed by atoms with Crippen LogP contribution in [0.4, 0.5) is 5.69 Å². The van der Waals surface area contributed by atoms with Crippen LogP contribution in [0.3, 0.4) is 0 Å². The molecule has 7 nitrogen and oxygen atoms in total. The first kappa shape index (κ1) is 15.0. The molecule has 0 bridgehead atoms. The van der Waals surface area contributed by atoms with Gasteiger partial charge < -0.3 is 15.5 Å². The number of rotatable bonds is 3. The SMILES string of the molecule is CC(N)C1CCCN(C(=O)C2CC(=O)N(c3cn[nH]c3)C2)C1. The van der Waals surface area contributed by atoms with E-state index in [9.17, 15) is 9.59 Å². The van der Waals surface area contributed by atoms with E-state index < -0.39 is 0 Å². The second-order valence-corrected chi connectivity index (χ2v) is 6.41. The average molecular weight is 305 g/mol. The Morgan fingerprint density at radius 1 is 1.50 bits per heavy atom. The number of nitrogens with zero attached hydrogens (tertiary/aromatic N) is 3. The molecule has 3 N–H and O–H groups in total. The lowest BCUT2D eigenvalue weighted by atomic mass is 9.91. The molecule has 0 aromatic carbocycles. The molecule has 1 aromatic rings. The van der Waals surface area contributed by atoms with Crippen molar-refractivity contribution in [3.8, 4) is 0 Å². The molecule has 2 aliphatic rings. The number of carbonyl (C=O) groups is 2. The van der Waals surface area contributed by atoms with E-state index in [1.807, 2.05) is 11.8 Å². The Bertz CT molecular complexity index is 542. The van der Waals surface area contributed by atoms with Gasteiger partial charge in [0.15, 0.2) is 0 Å². The van der Waals surface area contributed by atoms with Crippen LogP contribution in [0.15, 0.2) is 12.4 Å². The fourth-order valence-corrected chi connectivity index (χ4v) is 3.41. The third-order valence-electron chi connectivity index (χ3n) is 4.78. The number of aromatic nitrogens is 2. The molecule has 3 atom stereocenters. The van der Waals surface area contributed by atoms with Gasteiger partial charge >= 0.3 is 0 Å². The van der Waals surface area contributed by atoms with E-state index in [-0.39, 0.29) is 30.2 Å². The Morgan fingerprint density at radius 3 is 3.00 bits per heavy atom. The second-order valence-electron chi connectivity index (χ2n) is 6.41. The Hall–Kier alpha value is -1.89. The number of nitrogens with two attached hydrogens (primary N) is 1. The van der Waals surface area contributed by atoms with Crippen LogP contribution in [-0.4, -0.2) is 52.6 Å². The van der Waals surface area contributed by atoms with Crippen LogP contribution in [0.25, 0.3) is 0 Å². The fourth-order valence-electron chi connectivity index (χ4n) is 3.41. The van der Waals surface area contributed by atoms with Crippen molar-refractivity contribution in [1.29, 1.82) is 0 Å². The zero-order valence-corrected chi connectivity index (χ0v) is 12.9. The molecule has 3 unspecified atom stereocenters. The maximum absolute atomic E-state index is 12.7. The van der Waals surface area contributed by atoms with Crippen LogP contribution < -0.4 is 10.6 Å². The van der Waals surface area contributed by atoms with E-state index >= 15 is 0 Å². The van der Waals surface area contributed by atoms with Gasteiger partial charge in [0, 0.05) is 38.3 Å². The summed E-state index contributed by atoms with van der Waals surface area (Å²) in [5, 5.41) is 6.56.